The Morgan fingerprint density at radius 2 is 2.06 bits per heavy atom. The molecule has 1 aromatic rings. The Labute approximate surface area is 91.6 Å². The lowest BCUT2D eigenvalue weighted by Crippen LogP contribution is -2.26. The molecule has 3 N–H and O–H groups in total. The normalized spacial score (nSPS) is 16.8. The van der Waals surface area contributed by atoms with Gasteiger partial charge in [0.25, 0.3) is 5.69 Å². The first kappa shape index (κ1) is 10.4. The molecule has 84 valence electrons. The van der Waals surface area contributed by atoms with Crippen molar-refractivity contribution < 1.29 is 9.72 Å². The van der Waals surface area contributed by atoms with E-state index in [0.29, 0.717) is 11.3 Å². The van der Waals surface area contributed by atoms with Crippen LogP contribution in [0.3, 0.4) is 0 Å². The monoisotopic (exact) mass is 221 g/mol. The molecule has 1 aliphatic heterocycles. The molecule has 0 fully saturated rings. The van der Waals surface area contributed by atoms with Crippen molar-refractivity contribution in [3.05, 3.63) is 27.8 Å². The molecule has 0 atom stereocenters. The van der Waals surface area contributed by atoms with Crippen LogP contribution in [0.1, 0.15) is 19.4 Å². The Bertz CT molecular complexity index is 508. The molecule has 2 rings (SSSR count). The highest BCUT2D eigenvalue weighted by Gasteiger charge is 2.40. The molecule has 0 unspecified atom stereocenters. The molecule has 0 aromatic heterocycles. The van der Waals surface area contributed by atoms with Crippen LogP contribution < -0.4 is 11.1 Å². The van der Waals surface area contributed by atoms with Gasteiger partial charge in [-0.2, -0.15) is 0 Å². The zero-order valence-electron chi connectivity index (χ0n) is 8.90. The maximum Gasteiger partial charge on any atom is 0.292 e. The van der Waals surface area contributed by atoms with Crippen LogP contribution in [0.2, 0.25) is 0 Å². The van der Waals surface area contributed by atoms with E-state index in [-0.39, 0.29) is 17.3 Å². The predicted octanol–water partition coefficient (Wildman–Crippen LogP) is 1.41. The number of amides is 1. The lowest BCUT2D eigenvalue weighted by atomic mass is 9.86. The number of nitro benzene ring substituents is 1. The van der Waals surface area contributed by atoms with Crippen molar-refractivity contribution in [3.8, 4) is 0 Å². The second-order valence-corrected chi connectivity index (χ2v) is 4.29. The molecule has 6 heteroatoms. The lowest BCUT2D eigenvalue weighted by Gasteiger charge is -2.14. The Morgan fingerprint density at radius 3 is 2.62 bits per heavy atom. The van der Waals surface area contributed by atoms with Gasteiger partial charge in [-0.3, -0.25) is 14.9 Å². The standard InChI is InChI=1S/C10H11N3O3/c1-10(2)5-3-8(13(15)16)6(11)4-7(5)12-9(10)14/h3-4H,11H2,1-2H3,(H,12,14). The van der Waals surface area contributed by atoms with Gasteiger partial charge in [0, 0.05) is 11.8 Å². The molecule has 1 aliphatic rings. The number of fused-ring (bicyclic) bond motifs is 1. The van der Waals surface area contributed by atoms with Gasteiger partial charge >= 0.3 is 0 Å². The van der Waals surface area contributed by atoms with Crippen molar-refractivity contribution in [2.45, 2.75) is 19.3 Å². The van der Waals surface area contributed by atoms with Crippen molar-refractivity contribution in [1.29, 1.82) is 0 Å². The minimum Gasteiger partial charge on any atom is -0.393 e. The van der Waals surface area contributed by atoms with Crippen LogP contribution in [0.25, 0.3) is 0 Å². The molecule has 6 nitrogen and oxygen atoms in total. The number of benzene rings is 1. The van der Waals surface area contributed by atoms with Crippen LogP contribution in [-0.4, -0.2) is 10.8 Å². The summed E-state index contributed by atoms with van der Waals surface area (Å²) in [6, 6.07) is 2.79. The van der Waals surface area contributed by atoms with Crippen LogP contribution in [0.5, 0.6) is 0 Å². The second kappa shape index (κ2) is 2.94. The average Bonchev–Trinajstić information content (AvgIpc) is 2.36. The number of nitrogen functional groups attached to an aromatic ring is 1. The number of carbonyl (C=O) groups excluding carboxylic acids is 1. The van der Waals surface area contributed by atoms with Gasteiger partial charge in [-0.15, -0.1) is 0 Å². The van der Waals surface area contributed by atoms with E-state index in [4.69, 9.17) is 5.73 Å². The van der Waals surface area contributed by atoms with Crippen LogP contribution in [-0.2, 0) is 10.2 Å². The zero-order chi connectivity index (χ0) is 12.1. The molecule has 0 bridgehead atoms. The number of carbonyl (C=O) groups is 1. The minimum absolute atomic E-state index is 0.0572. The largest absolute Gasteiger partial charge is 0.393 e. The number of nitro groups is 1. The summed E-state index contributed by atoms with van der Waals surface area (Å²) < 4.78 is 0. The van der Waals surface area contributed by atoms with Gasteiger partial charge in [-0.25, -0.2) is 0 Å². The van der Waals surface area contributed by atoms with Crippen LogP contribution in [0.4, 0.5) is 17.1 Å². The number of anilines is 2. The van der Waals surface area contributed by atoms with E-state index in [1.807, 2.05) is 0 Å². The number of nitrogens with two attached hydrogens (primary N) is 1. The van der Waals surface area contributed by atoms with E-state index >= 15 is 0 Å². The summed E-state index contributed by atoms with van der Waals surface area (Å²) in [5.74, 6) is -0.178. The average molecular weight is 221 g/mol. The molecule has 16 heavy (non-hydrogen) atoms. The van der Waals surface area contributed by atoms with E-state index in [1.54, 1.807) is 13.8 Å². The molecule has 0 saturated carbocycles. The van der Waals surface area contributed by atoms with Gasteiger partial charge in [0.05, 0.1) is 10.3 Å². The molecule has 1 amide bonds. The van der Waals surface area contributed by atoms with Crippen LogP contribution in [0.15, 0.2) is 12.1 Å². The van der Waals surface area contributed by atoms with Crippen molar-refractivity contribution in [2.24, 2.45) is 0 Å². The topological polar surface area (TPSA) is 98.3 Å². The highest BCUT2D eigenvalue weighted by atomic mass is 16.6. The number of hydrogen-bond acceptors (Lipinski definition) is 4. The fraction of sp³-hybridized carbons (Fsp3) is 0.300. The maximum atomic E-state index is 11.6. The van der Waals surface area contributed by atoms with E-state index < -0.39 is 10.3 Å². The molecule has 1 heterocycles. The van der Waals surface area contributed by atoms with Crippen LogP contribution in [0, 0.1) is 10.1 Å². The summed E-state index contributed by atoms with van der Waals surface area (Å²) in [5, 5.41) is 13.4. The number of rotatable bonds is 1. The third kappa shape index (κ3) is 1.23. The van der Waals surface area contributed by atoms with E-state index in [0.717, 1.165) is 0 Å². The predicted molar refractivity (Wildman–Crippen MR) is 59.2 cm³/mol. The molecular formula is C10H11N3O3. The first-order chi connectivity index (χ1) is 7.34. The Balaban J connectivity index is 2.67. The zero-order valence-corrected chi connectivity index (χ0v) is 8.90. The fourth-order valence-electron chi connectivity index (χ4n) is 1.78. The number of nitrogens with one attached hydrogen (secondary N) is 1. The summed E-state index contributed by atoms with van der Waals surface area (Å²) in [7, 11) is 0. The fourth-order valence-corrected chi connectivity index (χ4v) is 1.78. The Hall–Kier alpha value is -2.11. The molecule has 0 aliphatic carbocycles. The van der Waals surface area contributed by atoms with E-state index in [1.165, 1.54) is 12.1 Å². The highest BCUT2D eigenvalue weighted by molar-refractivity contribution is 6.06. The summed E-state index contributed by atoms with van der Waals surface area (Å²) in [4.78, 5) is 21.8. The Morgan fingerprint density at radius 1 is 1.44 bits per heavy atom. The summed E-state index contributed by atoms with van der Waals surface area (Å²) in [6.07, 6.45) is 0. The van der Waals surface area contributed by atoms with Gasteiger partial charge in [-0.05, 0) is 25.5 Å². The summed E-state index contributed by atoms with van der Waals surface area (Å²) >= 11 is 0. The highest BCUT2D eigenvalue weighted by Crippen LogP contribution is 2.41. The SMILES string of the molecule is CC1(C)C(=O)Nc2cc(N)c([N+](=O)[O-])cc21. The van der Waals surface area contributed by atoms with Gasteiger partial charge < -0.3 is 11.1 Å². The molecule has 0 spiro atoms. The molecule has 0 saturated heterocycles. The quantitative estimate of drug-likeness (QED) is 0.425. The van der Waals surface area contributed by atoms with Crippen molar-refractivity contribution in [2.75, 3.05) is 11.1 Å². The number of nitrogens with zero attached hydrogens (tertiary/aromatic N) is 1. The summed E-state index contributed by atoms with van der Waals surface area (Å²) in [6.45, 7) is 3.43. The minimum atomic E-state index is -0.756. The van der Waals surface area contributed by atoms with Crippen LogP contribution >= 0.6 is 0 Å². The van der Waals surface area contributed by atoms with E-state index in [9.17, 15) is 14.9 Å². The molecule has 0 radical (unpaired) electrons. The maximum absolute atomic E-state index is 11.6. The third-order valence-corrected chi connectivity index (χ3v) is 2.85. The van der Waals surface area contributed by atoms with Gasteiger partial charge in [0.1, 0.15) is 5.69 Å². The van der Waals surface area contributed by atoms with Crippen molar-refractivity contribution >= 4 is 23.0 Å². The van der Waals surface area contributed by atoms with Crippen molar-refractivity contribution in [1.82, 2.24) is 0 Å². The molecule has 1 aromatic carbocycles. The second-order valence-electron chi connectivity index (χ2n) is 4.29. The van der Waals surface area contributed by atoms with Gasteiger partial charge in [0.15, 0.2) is 0 Å². The number of hydrogen-bond donors (Lipinski definition) is 2. The first-order valence-electron chi connectivity index (χ1n) is 4.74. The Kier molecular flexibility index (Phi) is 1.91. The van der Waals surface area contributed by atoms with E-state index in [2.05, 4.69) is 5.32 Å². The smallest absolute Gasteiger partial charge is 0.292 e. The third-order valence-electron chi connectivity index (χ3n) is 2.85. The summed E-state index contributed by atoms with van der Waals surface area (Å²) in [5.41, 5.74) is 5.84. The molecular weight excluding hydrogens is 210 g/mol. The van der Waals surface area contributed by atoms with Crippen molar-refractivity contribution in [3.63, 3.8) is 0 Å². The van der Waals surface area contributed by atoms with Gasteiger partial charge in [-0.1, -0.05) is 0 Å². The first-order valence-corrected chi connectivity index (χ1v) is 4.74. The lowest BCUT2D eigenvalue weighted by molar-refractivity contribution is -0.384. The van der Waals surface area contributed by atoms with Gasteiger partial charge in [0.2, 0.25) is 5.91 Å².